The number of fused-ring (bicyclic) bond motifs is 5. The second kappa shape index (κ2) is 4.76. The molecule has 0 aromatic heterocycles. The summed E-state index contributed by atoms with van der Waals surface area (Å²) >= 11 is 0. The van der Waals surface area contributed by atoms with Crippen molar-refractivity contribution < 1.29 is 19.7 Å². The van der Waals surface area contributed by atoms with Crippen molar-refractivity contribution >= 4 is 5.97 Å². The Hall–Kier alpha value is -0.610. The Morgan fingerprint density at radius 3 is 2.46 bits per heavy atom. The predicted molar refractivity (Wildman–Crippen MR) is 90.1 cm³/mol. The number of cyclic esters (lactones) is 1. The fraction of sp³-hybridized carbons (Fsp3) is 0.950. The van der Waals surface area contributed by atoms with Crippen molar-refractivity contribution in [3.8, 4) is 0 Å². The minimum absolute atomic E-state index is 0.0500. The Bertz CT molecular complexity index is 572. The molecule has 7 atom stereocenters. The van der Waals surface area contributed by atoms with Crippen molar-refractivity contribution in [3.05, 3.63) is 0 Å². The lowest BCUT2D eigenvalue weighted by atomic mass is 9.38. The third-order valence-corrected chi connectivity index (χ3v) is 8.72. The Kier molecular flexibility index (Phi) is 3.34. The van der Waals surface area contributed by atoms with Crippen LogP contribution in [0.2, 0.25) is 0 Å². The molecular weight excluding hydrogens is 304 g/mol. The molecule has 4 fully saturated rings. The van der Waals surface area contributed by atoms with Gasteiger partial charge in [0.2, 0.25) is 0 Å². The van der Waals surface area contributed by atoms with E-state index in [0.717, 1.165) is 19.3 Å². The highest BCUT2D eigenvalue weighted by Crippen LogP contribution is 2.70. The van der Waals surface area contributed by atoms with E-state index >= 15 is 0 Å². The van der Waals surface area contributed by atoms with E-state index in [9.17, 15) is 15.0 Å². The predicted octanol–water partition coefficient (Wildman–Crippen LogP) is 2.90. The fourth-order valence-electron chi connectivity index (χ4n) is 7.68. The van der Waals surface area contributed by atoms with Crippen molar-refractivity contribution in [3.63, 3.8) is 0 Å². The Labute approximate surface area is 145 Å². The van der Waals surface area contributed by atoms with E-state index in [1.165, 1.54) is 12.8 Å². The van der Waals surface area contributed by atoms with E-state index in [1.807, 2.05) is 0 Å². The van der Waals surface area contributed by atoms with Crippen LogP contribution in [0.3, 0.4) is 0 Å². The van der Waals surface area contributed by atoms with Crippen LogP contribution in [0.4, 0.5) is 0 Å². The van der Waals surface area contributed by atoms with Crippen LogP contribution in [-0.4, -0.2) is 34.5 Å². The molecule has 0 aromatic rings. The molecule has 4 heteroatoms. The summed E-state index contributed by atoms with van der Waals surface area (Å²) in [5.74, 6) is -0.00988. The van der Waals surface area contributed by atoms with Crippen molar-refractivity contribution in [1.29, 1.82) is 0 Å². The number of hydrogen-bond acceptors (Lipinski definition) is 4. The van der Waals surface area contributed by atoms with Gasteiger partial charge in [-0.2, -0.15) is 0 Å². The van der Waals surface area contributed by atoms with Gasteiger partial charge in [-0.3, -0.25) is 4.79 Å². The summed E-state index contributed by atoms with van der Waals surface area (Å²) in [5, 5.41) is 21.8. The number of ether oxygens (including phenoxy) is 1. The van der Waals surface area contributed by atoms with E-state index in [2.05, 4.69) is 27.7 Å². The number of esters is 1. The molecule has 136 valence electrons. The lowest BCUT2D eigenvalue weighted by Gasteiger charge is -2.66. The third-order valence-electron chi connectivity index (χ3n) is 8.72. The molecule has 0 aromatic carbocycles. The van der Waals surface area contributed by atoms with E-state index < -0.39 is 17.6 Å². The first-order valence-electron chi connectivity index (χ1n) is 9.63. The fourth-order valence-corrected chi connectivity index (χ4v) is 7.68. The summed E-state index contributed by atoms with van der Waals surface area (Å²) in [6, 6.07) is 0. The molecular formula is C20H32O4. The minimum atomic E-state index is -1.39. The summed E-state index contributed by atoms with van der Waals surface area (Å²) in [6.45, 7) is 9.28. The van der Waals surface area contributed by atoms with Crippen molar-refractivity contribution in [2.75, 3.05) is 6.61 Å². The zero-order valence-corrected chi connectivity index (χ0v) is 15.5. The first-order valence-corrected chi connectivity index (χ1v) is 9.63. The van der Waals surface area contributed by atoms with Gasteiger partial charge in [-0.15, -0.1) is 0 Å². The second-order valence-electron chi connectivity index (χ2n) is 10.3. The number of aliphatic hydroxyl groups excluding tert-OH is 1. The average molecular weight is 336 g/mol. The molecule has 0 amide bonds. The van der Waals surface area contributed by atoms with Gasteiger partial charge in [0, 0.05) is 0 Å². The molecule has 1 unspecified atom stereocenters. The number of hydrogen-bond donors (Lipinski definition) is 2. The summed E-state index contributed by atoms with van der Waals surface area (Å²) in [5.41, 5.74) is -1.24. The molecule has 4 rings (SSSR count). The summed E-state index contributed by atoms with van der Waals surface area (Å²) < 4.78 is 5.25. The number of carbonyl (C=O) groups is 1. The second-order valence-corrected chi connectivity index (χ2v) is 10.3. The number of aliphatic hydroxyl groups is 2. The molecule has 0 radical (unpaired) electrons. The molecule has 3 aliphatic carbocycles. The summed E-state index contributed by atoms with van der Waals surface area (Å²) in [7, 11) is 0. The van der Waals surface area contributed by atoms with Crippen LogP contribution in [0.5, 0.6) is 0 Å². The average Bonchev–Trinajstić information content (AvgIpc) is 2.79. The van der Waals surface area contributed by atoms with Gasteiger partial charge in [-0.05, 0) is 60.2 Å². The smallest absolute Gasteiger partial charge is 0.312 e. The van der Waals surface area contributed by atoms with Crippen molar-refractivity contribution in [1.82, 2.24) is 0 Å². The zero-order valence-electron chi connectivity index (χ0n) is 15.5. The summed E-state index contributed by atoms with van der Waals surface area (Å²) in [4.78, 5) is 12.5. The van der Waals surface area contributed by atoms with Crippen molar-refractivity contribution in [2.24, 2.45) is 34.0 Å². The van der Waals surface area contributed by atoms with Crippen molar-refractivity contribution in [2.45, 2.75) is 77.9 Å². The lowest BCUT2D eigenvalue weighted by molar-refractivity contribution is -0.235. The van der Waals surface area contributed by atoms with E-state index in [0.29, 0.717) is 17.8 Å². The van der Waals surface area contributed by atoms with Crippen LogP contribution < -0.4 is 0 Å². The maximum absolute atomic E-state index is 12.5. The first-order chi connectivity index (χ1) is 11.1. The minimum Gasteiger partial charge on any atom is -0.462 e. The van der Waals surface area contributed by atoms with Crippen LogP contribution >= 0.6 is 0 Å². The SMILES string of the molecule is CC1(C)CCC[C@@]2(C)C1CC[C@@]1(C)[C@@H]3C(=O)OC[C@]3(O)[C@@H](O)C[C@@H]12. The largest absolute Gasteiger partial charge is 0.462 e. The quantitative estimate of drug-likeness (QED) is 0.668. The molecule has 3 saturated carbocycles. The molecule has 4 aliphatic rings. The number of carbonyl (C=O) groups excluding carboxylic acids is 1. The first kappa shape index (κ1) is 16.8. The molecule has 2 N–H and O–H groups in total. The molecule has 4 nitrogen and oxygen atoms in total. The van der Waals surface area contributed by atoms with Crippen LogP contribution in [0.25, 0.3) is 0 Å². The van der Waals surface area contributed by atoms with Crippen LogP contribution in [0, 0.1) is 34.0 Å². The number of rotatable bonds is 0. The third kappa shape index (κ3) is 1.85. The zero-order chi connectivity index (χ0) is 17.5. The van der Waals surface area contributed by atoms with Crippen LogP contribution in [-0.2, 0) is 9.53 Å². The Balaban J connectivity index is 1.80. The Morgan fingerprint density at radius 2 is 1.75 bits per heavy atom. The topological polar surface area (TPSA) is 66.8 Å². The van der Waals surface area contributed by atoms with Gasteiger partial charge in [-0.1, -0.05) is 34.1 Å². The highest BCUT2D eigenvalue weighted by Gasteiger charge is 2.71. The normalized spacial score (nSPS) is 56.0. The maximum atomic E-state index is 12.5. The highest BCUT2D eigenvalue weighted by molar-refractivity contribution is 5.78. The van der Waals surface area contributed by atoms with Crippen LogP contribution in [0.1, 0.15) is 66.2 Å². The highest BCUT2D eigenvalue weighted by atomic mass is 16.6. The molecule has 1 saturated heterocycles. The van der Waals surface area contributed by atoms with Gasteiger partial charge in [0.15, 0.2) is 0 Å². The monoisotopic (exact) mass is 336 g/mol. The van der Waals surface area contributed by atoms with E-state index in [1.54, 1.807) is 0 Å². The van der Waals surface area contributed by atoms with Gasteiger partial charge in [-0.25, -0.2) is 0 Å². The van der Waals surface area contributed by atoms with Gasteiger partial charge in [0.05, 0.1) is 12.0 Å². The van der Waals surface area contributed by atoms with Crippen LogP contribution in [0.15, 0.2) is 0 Å². The van der Waals surface area contributed by atoms with Gasteiger partial charge >= 0.3 is 5.97 Å². The van der Waals surface area contributed by atoms with Gasteiger partial charge in [0.1, 0.15) is 12.2 Å². The Morgan fingerprint density at radius 1 is 1.04 bits per heavy atom. The molecule has 1 aliphatic heterocycles. The molecule has 24 heavy (non-hydrogen) atoms. The molecule has 0 spiro atoms. The van der Waals surface area contributed by atoms with E-state index in [-0.39, 0.29) is 29.3 Å². The van der Waals surface area contributed by atoms with Gasteiger partial charge in [0.25, 0.3) is 0 Å². The lowest BCUT2D eigenvalue weighted by Crippen LogP contribution is -2.67. The van der Waals surface area contributed by atoms with Gasteiger partial charge < -0.3 is 14.9 Å². The van der Waals surface area contributed by atoms with E-state index in [4.69, 9.17) is 4.74 Å². The maximum Gasteiger partial charge on any atom is 0.312 e. The summed E-state index contributed by atoms with van der Waals surface area (Å²) in [6.07, 6.45) is 5.39. The standard InChI is InChI=1S/C20H32O4/c1-17(2)7-5-8-18(3)12(17)6-9-19(4)13(18)10-14(21)20(23)11-24-16(22)15(19)20/h12-15,21,23H,5-11H2,1-4H3/t12?,13-,14+,15+,18+,19-,20+/m1/s1. The molecule has 0 bridgehead atoms. The molecule has 1 heterocycles.